The number of benzene rings is 1. The molecule has 1 aromatic rings. The van der Waals surface area contributed by atoms with Crippen molar-refractivity contribution in [2.24, 2.45) is 0 Å². The van der Waals surface area contributed by atoms with Crippen LogP contribution >= 0.6 is 0 Å². The van der Waals surface area contributed by atoms with Crippen LogP contribution in [0.3, 0.4) is 0 Å². The van der Waals surface area contributed by atoms with Crippen LogP contribution in [0, 0.1) is 0 Å². The summed E-state index contributed by atoms with van der Waals surface area (Å²) in [5.74, 6) is -0.0254. The number of nitrogens with one attached hydrogen (secondary N) is 1. The lowest BCUT2D eigenvalue weighted by molar-refractivity contribution is -0.140. The van der Waals surface area contributed by atoms with E-state index in [9.17, 15) is 9.59 Å². The Morgan fingerprint density at radius 3 is 2.45 bits per heavy atom. The molecule has 4 nitrogen and oxygen atoms in total. The lowest BCUT2D eigenvalue weighted by Gasteiger charge is -2.29. The molecule has 4 heteroatoms. The lowest BCUT2D eigenvalue weighted by atomic mass is 10.1. The zero-order valence-electron chi connectivity index (χ0n) is 13.5. The molecular formula is C18H26N2O2. The van der Waals surface area contributed by atoms with Crippen molar-refractivity contribution in [3.8, 4) is 0 Å². The maximum atomic E-state index is 12.4. The third kappa shape index (κ3) is 4.33. The smallest absolute Gasteiger partial charge is 0.242 e. The van der Waals surface area contributed by atoms with Gasteiger partial charge in [0.05, 0.1) is 0 Å². The average molecular weight is 302 g/mol. The molecule has 0 saturated heterocycles. The molecule has 1 aliphatic carbocycles. The summed E-state index contributed by atoms with van der Waals surface area (Å²) in [6.07, 6.45) is 4.88. The van der Waals surface area contributed by atoms with Gasteiger partial charge in [-0.2, -0.15) is 0 Å². The summed E-state index contributed by atoms with van der Waals surface area (Å²) in [7, 11) is 0. The van der Waals surface area contributed by atoms with Crippen molar-refractivity contribution in [3.63, 3.8) is 0 Å². The predicted molar refractivity (Wildman–Crippen MR) is 87.1 cm³/mol. The van der Waals surface area contributed by atoms with Gasteiger partial charge >= 0.3 is 0 Å². The zero-order valence-corrected chi connectivity index (χ0v) is 13.5. The zero-order chi connectivity index (χ0) is 15.9. The van der Waals surface area contributed by atoms with Crippen LogP contribution in [-0.4, -0.2) is 28.8 Å². The van der Waals surface area contributed by atoms with Gasteiger partial charge in [-0.15, -0.1) is 0 Å². The van der Waals surface area contributed by atoms with Crippen LogP contribution in [0.1, 0.15) is 51.5 Å². The second-order valence-corrected chi connectivity index (χ2v) is 6.03. The van der Waals surface area contributed by atoms with Gasteiger partial charge in [0.25, 0.3) is 0 Å². The topological polar surface area (TPSA) is 49.4 Å². The average Bonchev–Trinajstić information content (AvgIpc) is 3.05. The first kappa shape index (κ1) is 16.5. The summed E-state index contributed by atoms with van der Waals surface area (Å²) >= 11 is 0. The van der Waals surface area contributed by atoms with Gasteiger partial charge in [-0.3, -0.25) is 9.59 Å². The fourth-order valence-corrected chi connectivity index (χ4v) is 2.96. The number of carbonyl (C=O) groups excluding carboxylic acids is 2. The lowest BCUT2D eigenvalue weighted by Crippen LogP contribution is -2.49. The van der Waals surface area contributed by atoms with E-state index < -0.39 is 6.04 Å². The molecule has 2 amide bonds. The second-order valence-electron chi connectivity index (χ2n) is 6.03. The number of nitrogens with zero attached hydrogens (tertiary/aromatic N) is 1. The van der Waals surface area contributed by atoms with Crippen molar-refractivity contribution in [2.75, 3.05) is 0 Å². The second kappa shape index (κ2) is 7.97. The molecule has 120 valence electrons. The molecule has 1 fully saturated rings. The minimum Gasteiger partial charge on any atom is -0.352 e. The fraction of sp³-hybridized carbons (Fsp3) is 0.556. The van der Waals surface area contributed by atoms with Gasteiger partial charge in [-0.1, -0.05) is 50.1 Å². The highest BCUT2D eigenvalue weighted by Gasteiger charge is 2.27. The Kier molecular flexibility index (Phi) is 5.99. The molecule has 1 aliphatic rings. The highest BCUT2D eigenvalue weighted by atomic mass is 16.2. The van der Waals surface area contributed by atoms with Gasteiger partial charge in [0.1, 0.15) is 6.04 Å². The molecule has 0 unspecified atom stereocenters. The van der Waals surface area contributed by atoms with Crippen LogP contribution in [-0.2, 0) is 16.1 Å². The van der Waals surface area contributed by atoms with Crippen LogP contribution in [0.5, 0.6) is 0 Å². The van der Waals surface area contributed by atoms with E-state index in [-0.39, 0.29) is 17.9 Å². The summed E-state index contributed by atoms with van der Waals surface area (Å²) in [5, 5.41) is 3.09. The van der Waals surface area contributed by atoms with Crippen LogP contribution in [0.2, 0.25) is 0 Å². The fourth-order valence-electron chi connectivity index (χ4n) is 2.96. The highest BCUT2D eigenvalue weighted by Crippen LogP contribution is 2.18. The molecule has 1 N–H and O–H groups in total. The molecule has 0 heterocycles. The van der Waals surface area contributed by atoms with E-state index in [0.717, 1.165) is 18.4 Å². The third-order valence-electron chi connectivity index (χ3n) is 4.37. The SMILES string of the molecule is CCC(=O)N(Cc1ccccc1)[C@@H](C)C(=O)NC1CCCC1. The van der Waals surface area contributed by atoms with Gasteiger partial charge in [-0.25, -0.2) is 0 Å². The Balaban J connectivity index is 2.03. The van der Waals surface area contributed by atoms with Crippen molar-refractivity contribution >= 4 is 11.8 Å². The van der Waals surface area contributed by atoms with E-state index in [1.54, 1.807) is 4.90 Å². The number of hydrogen-bond donors (Lipinski definition) is 1. The molecule has 0 radical (unpaired) electrons. The Morgan fingerprint density at radius 2 is 1.86 bits per heavy atom. The first-order valence-electron chi connectivity index (χ1n) is 8.25. The van der Waals surface area contributed by atoms with Crippen molar-refractivity contribution in [3.05, 3.63) is 35.9 Å². The quantitative estimate of drug-likeness (QED) is 0.878. The number of hydrogen-bond acceptors (Lipinski definition) is 2. The first-order chi connectivity index (χ1) is 10.6. The summed E-state index contributed by atoms with van der Waals surface area (Å²) in [5.41, 5.74) is 1.05. The van der Waals surface area contributed by atoms with Crippen molar-refractivity contribution in [2.45, 2.75) is 64.6 Å². The Morgan fingerprint density at radius 1 is 1.23 bits per heavy atom. The Hall–Kier alpha value is -1.84. The molecule has 0 aromatic heterocycles. The van der Waals surface area contributed by atoms with Crippen molar-refractivity contribution in [1.82, 2.24) is 10.2 Å². The molecule has 0 bridgehead atoms. The first-order valence-corrected chi connectivity index (χ1v) is 8.25. The summed E-state index contributed by atoms with van der Waals surface area (Å²) in [6.45, 7) is 4.13. The summed E-state index contributed by atoms with van der Waals surface area (Å²) < 4.78 is 0. The van der Waals surface area contributed by atoms with Gasteiger partial charge in [-0.05, 0) is 25.3 Å². The Labute approximate surface area is 132 Å². The monoisotopic (exact) mass is 302 g/mol. The van der Waals surface area contributed by atoms with Crippen LogP contribution in [0.4, 0.5) is 0 Å². The number of carbonyl (C=O) groups is 2. The largest absolute Gasteiger partial charge is 0.352 e. The van der Waals surface area contributed by atoms with E-state index in [4.69, 9.17) is 0 Å². The molecule has 0 aliphatic heterocycles. The molecule has 2 rings (SSSR count). The molecule has 1 atom stereocenters. The van der Waals surface area contributed by atoms with Crippen LogP contribution < -0.4 is 5.32 Å². The van der Waals surface area contributed by atoms with E-state index in [2.05, 4.69) is 5.32 Å². The number of amides is 2. The Bertz CT molecular complexity index is 495. The van der Waals surface area contributed by atoms with Gasteiger partial charge < -0.3 is 10.2 Å². The highest BCUT2D eigenvalue weighted by molar-refractivity contribution is 5.87. The minimum absolute atomic E-state index is 0.0120. The van der Waals surface area contributed by atoms with E-state index in [0.29, 0.717) is 13.0 Å². The maximum absolute atomic E-state index is 12.4. The standard InChI is InChI=1S/C18H26N2O2/c1-3-17(21)20(13-15-9-5-4-6-10-15)14(2)18(22)19-16-11-7-8-12-16/h4-6,9-10,14,16H,3,7-8,11-13H2,1-2H3,(H,19,22)/t14-/m0/s1. The molecule has 22 heavy (non-hydrogen) atoms. The van der Waals surface area contributed by atoms with Crippen LogP contribution in [0.25, 0.3) is 0 Å². The van der Waals surface area contributed by atoms with E-state index in [1.165, 1.54) is 12.8 Å². The third-order valence-corrected chi connectivity index (χ3v) is 4.37. The van der Waals surface area contributed by atoms with Gasteiger partial charge in [0, 0.05) is 19.0 Å². The van der Waals surface area contributed by atoms with Crippen molar-refractivity contribution < 1.29 is 9.59 Å². The van der Waals surface area contributed by atoms with Gasteiger partial charge in [0.2, 0.25) is 11.8 Å². The molecule has 1 aromatic carbocycles. The van der Waals surface area contributed by atoms with Crippen LogP contribution in [0.15, 0.2) is 30.3 Å². The van der Waals surface area contributed by atoms with E-state index >= 15 is 0 Å². The summed E-state index contributed by atoms with van der Waals surface area (Å²) in [4.78, 5) is 26.4. The van der Waals surface area contributed by atoms with Crippen molar-refractivity contribution in [1.29, 1.82) is 0 Å². The molecular weight excluding hydrogens is 276 g/mol. The minimum atomic E-state index is -0.437. The van der Waals surface area contributed by atoms with E-state index in [1.807, 2.05) is 44.2 Å². The van der Waals surface area contributed by atoms with Gasteiger partial charge in [0.15, 0.2) is 0 Å². The molecule has 1 saturated carbocycles. The number of rotatable bonds is 6. The normalized spacial score (nSPS) is 16.3. The molecule has 0 spiro atoms. The maximum Gasteiger partial charge on any atom is 0.242 e. The summed E-state index contributed by atoms with van der Waals surface area (Å²) in [6, 6.07) is 9.67. The predicted octanol–water partition coefficient (Wildman–Crippen LogP) is 2.87.